The molecule has 0 atom stereocenters. The number of alkyl halides is 3. The number of pyridine rings is 4. The minimum Gasteiger partial charge on any atom is -0.753 e. The number of thiophene rings is 1. The third-order valence-electron chi connectivity index (χ3n) is 7.51. The van der Waals surface area contributed by atoms with E-state index < -0.39 is 17.8 Å². The standard InChI is InChI=1S/C19H19F3N3S.C19H12N4O2.CNS.Ru/c1-2-3-4-5-6-13-9-10-26-18(13)14-7-8-15(23-12-14)16-11-17(25-24-16)19(20,21)22;1-20-18(19(24)25)12-13-10-16(14-6-2-4-8-21-14)23-17(11-13)15-7-3-5-9-22-15;2-1-3;/h7-12H,2-6H2,1H3;2-12H,(H,24,25);;/q-1;;-1;+2/b;18-12+;;. The SMILES string of the molecule is CCCCCCc1ccsc1-c1ccc(-c2cc(C(F)(F)F)n[n-]2)nc1.[C-]#[N+]/C(=C/c1cc(-c2ccccn2)nc(-c2ccccn2)c1)C(=O)O.[N-]=C=S.[Ru+2]. The van der Waals surface area contributed by atoms with Crippen LogP contribution >= 0.6 is 23.6 Å². The number of rotatable bonds is 11. The molecule has 0 aliphatic carbocycles. The number of carbonyl (C=O) groups is 1. The number of carboxylic acids is 1. The van der Waals surface area contributed by atoms with E-state index in [1.54, 1.807) is 60.3 Å². The van der Waals surface area contributed by atoms with Crippen LogP contribution in [-0.4, -0.2) is 41.3 Å². The summed E-state index contributed by atoms with van der Waals surface area (Å²) in [5.41, 5.74) is 4.42. The normalized spacial score (nSPS) is 10.7. The molecule has 0 radical (unpaired) electrons. The van der Waals surface area contributed by atoms with E-state index in [4.69, 9.17) is 17.1 Å². The van der Waals surface area contributed by atoms with Crippen molar-refractivity contribution in [2.24, 2.45) is 0 Å². The van der Waals surface area contributed by atoms with E-state index in [9.17, 15) is 18.0 Å². The van der Waals surface area contributed by atoms with Gasteiger partial charge in [-0.25, -0.2) is 9.83 Å². The average Bonchev–Trinajstić information content (AvgIpc) is 3.88. The first-order valence-electron chi connectivity index (χ1n) is 16.4. The van der Waals surface area contributed by atoms with Gasteiger partial charge in [0, 0.05) is 34.7 Å². The number of unbranched alkanes of at least 4 members (excludes halogenated alkanes) is 3. The van der Waals surface area contributed by atoms with Gasteiger partial charge in [-0.1, -0.05) is 56.2 Å². The van der Waals surface area contributed by atoms with Gasteiger partial charge in [0.25, 0.3) is 5.70 Å². The number of aryl methyl sites for hydroxylation is 1. The molecule has 0 aromatic carbocycles. The molecular weight excluding hydrogens is 835 g/mol. The molecule has 6 aromatic heterocycles. The van der Waals surface area contributed by atoms with Crippen LogP contribution in [-0.2, 0) is 36.9 Å². The van der Waals surface area contributed by atoms with E-state index in [1.165, 1.54) is 40.9 Å². The molecule has 0 unspecified atom stereocenters. The van der Waals surface area contributed by atoms with E-state index in [0.717, 1.165) is 24.5 Å². The fraction of sp³-hybridized carbons (Fsp3) is 0.179. The Morgan fingerprint density at radius 3 is 2.11 bits per heavy atom. The number of aliphatic carboxylic acids is 1. The maximum atomic E-state index is 12.6. The number of nitrogens with zero attached hydrogens (tertiary/aromatic N) is 8. The molecule has 0 spiro atoms. The Labute approximate surface area is 337 Å². The molecule has 0 fully saturated rings. The molecule has 6 heterocycles. The van der Waals surface area contributed by atoms with Crippen molar-refractivity contribution in [1.82, 2.24) is 30.1 Å². The summed E-state index contributed by atoms with van der Waals surface area (Å²) in [7, 11) is 0. The van der Waals surface area contributed by atoms with Crippen LogP contribution < -0.4 is 5.10 Å². The molecule has 6 aromatic rings. The Bertz CT molecular complexity index is 2180. The fourth-order valence-electron chi connectivity index (χ4n) is 4.99. The second-order valence-electron chi connectivity index (χ2n) is 11.3. The van der Waals surface area contributed by atoms with Crippen molar-refractivity contribution < 1.29 is 42.6 Å². The second kappa shape index (κ2) is 22.0. The minimum atomic E-state index is -4.49. The average molecular weight is 866 g/mol. The van der Waals surface area contributed by atoms with E-state index in [-0.39, 0.29) is 30.9 Å². The smallest absolute Gasteiger partial charge is 0.753 e. The van der Waals surface area contributed by atoms with Crippen LogP contribution in [0.25, 0.3) is 60.9 Å². The quantitative estimate of drug-likeness (QED) is 0.0336. The van der Waals surface area contributed by atoms with Crippen molar-refractivity contribution in [3.63, 3.8) is 0 Å². The van der Waals surface area contributed by atoms with Crippen LogP contribution in [0.3, 0.4) is 0 Å². The predicted molar refractivity (Wildman–Crippen MR) is 206 cm³/mol. The largest absolute Gasteiger partial charge is 2.00 e. The van der Waals surface area contributed by atoms with Gasteiger partial charge in [0.05, 0.1) is 29.3 Å². The summed E-state index contributed by atoms with van der Waals surface area (Å²) in [5, 5.41) is 26.4. The molecule has 1 N–H and O–H groups in total. The van der Waals surface area contributed by atoms with E-state index in [2.05, 4.69) is 65.6 Å². The molecule has 0 aliphatic heterocycles. The number of thiocarbonyl (C=S) groups is 1. The number of hydrogen-bond acceptors (Lipinski definition) is 8. The van der Waals surface area contributed by atoms with Gasteiger partial charge in [-0.2, -0.15) is 18.3 Å². The van der Waals surface area contributed by atoms with Crippen LogP contribution in [0.2, 0.25) is 0 Å². The van der Waals surface area contributed by atoms with Crippen molar-refractivity contribution >= 4 is 40.8 Å². The third-order valence-corrected chi connectivity index (χ3v) is 8.51. The van der Waals surface area contributed by atoms with E-state index in [1.807, 2.05) is 30.3 Å². The Hall–Kier alpha value is -5.58. The number of carboxylic acid groups (broad SMARTS) is 1. The van der Waals surface area contributed by atoms with Gasteiger partial charge < -0.3 is 20.7 Å². The summed E-state index contributed by atoms with van der Waals surface area (Å²) in [6.45, 7) is 9.20. The summed E-state index contributed by atoms with van der Waals surface area (Å²) in [5.74, 6) is -1.27. The topological polar surface area (TPSA) is 143 Å². The zero-order valence-electron chi connectivity index (χ0n) is 29.1. The van der Waals surface area contributed by atoms with Gasteiger partial charge in [0.15, 0.2) is 0 Å². The summed E-state index contributed by atoms with van der Waals surface area (Å²) < 4.78 is 37.9. The van der Waals surface area contributed by atoms with Crippen LogP contribution in [0, 0.1) is 6.57 Å². The zero-order valence-corrected chi connectivity index (χ0v) is 32.5. The summed E-state index contributed by atoms with van der Waals surface area (Å²) in [6.07, 6.45) is 7.70. The molecule has 55 heavy (non-hydrogen) atoms. The molecule has 6 rings (SSSR count). The first kappa shape index (κ1) is 43.8. The molecule has 10 nitrogen and oxygen atoms in total. The molecule has 0 saturated heterocycles. The first-order valence-corrected chi connectivity index (χ1v) is 17.7. The molecule has 0 saturated carbocycles. The van der Waals surface area contributed by atoms with Gasteiger partial charge >= 0.3 is 31.6 Å². The van der Waals surface area contributed by atoms with Crippen molar-refractivity contribution in [3.8, 4) is 44.6 Å². The molecule has 280 valence electrons. The number of aromatic nitrogens is 6. The van der Waals surface area contributed by atoms with Gasteiger partial charge in [-0.3, -0.25) is 19.7 Å². The van der Waals surface area contributed by atoms with E-state index in [0.29, 0.717) is 34.0 Å². The monoisotopic (exact) mass is 866 g/mol. The van der Waals surface area contributed by atoms with Crippen molar-refractivity contribution in [2.75, 3.05) is 0 Å². The van der Waals surface area contributed by atoms with Crippen molar-refractivity contribution in [1.29, 1.82) is 0 Å². The second-order valence-corrected chi connectivity index (χ2v) is 12.4. The van der Waals surface area contributed by atoms with Crippen LogP contribution in [0.4, 0.5) is 13.2 Å². The molecule has 0 aliphatic rings. The Kier molecular flexibility index (Phi) is 17.5. The van der Waals surface area contributed by atoms with Crippen molar-refractivity contribution in [3.05, 3.63) is 136 Å². The molecule has 16 heteroatoms. The maximum absolute atomic E-state index is 12.6. The summed E-state index contributed by atoms with van der Waals surface area (Å²) >= 11 is 5.36. The Morgan fingerprint density at radius 2 is 1.62 bits per heavy atom. The van der Waals surface area contributed by atoms with Crippen LogP contribution in [0.5, 0.6) is 0 Å². The zero-order chi connectivity index (χ0) is 38.9. The number of halogens is 3. The van der Waals surface area contributed by atoms with Gasteiger partial charge in [-0.05, 0) is 96.1 Å². The Balaban J connectivity index is 0.000000271. The molecular formula is C39H31F3N8O2RuS2. The molecule has 0 bridgehead atoms. The predicted octanol–water partition coefficient (Wildman–Crippen LogP) is 10.2. The summed E-state index contributed by atoms with van der Waals surface area (Å²) in [6, 6.07) is 20.9. The first-order chi connectivity index (χ1) is 26.1. The maximum Gasteiger partial charge on any atom is 2.00 e. The molecule has 0 amide bonds. The van der Waals surface area contributed by atoms with Gasteiger partial charge in [0.2, 0.25) is 0 Å². The fourth-order valence-corrected chi connectivity index (χ4v) is 5.94. The minimum absolute atomic E-state index is 0. The Morgan fingerprint density at radius 1 is 0.964 bits per heavy atom. The van der Waals surface area contributed by atoms with Crippen LogP contribution in [0.1, 0.15) is 49.4 Å². The van der Waals surface area contributed by atoms with Gasteiger partial charge in [-0.15, -0.1) is 11.3 Å². The van der Waals surface area contributed by atoms with Crippen molar-refractivity contribution in [2.45, 2.75) is 45.2 Å². The van der Waals surface area contributed by atoms with Crippen LogP contribution in [0.15, 0.2) is 102 Å². The number of hydrogen-bond donors (Lipinski definition) is 1. The summed E-state index contributed by atoms with van der Waals surface area (Å²) in [4.78, 5) is 32.8. The third kappa shape index (κ3) is 13.1. The van der Waals surface area contributed by atoms with E-state index >= 15 is 0 Å². The van der Waals surface area contributed by atoms with Gasteiger partial charge in [0.1, 0.15) is 5.69 Å². The number of isothiocyanates is 1.